The first-order valence-electron chi connectivity index (χ1n) is 10.2. The zero-order valence-electron chi connectivity index (χ0n) is 17.6. The van der Waals surface area contributed by atoms with Crippen molar-refractivity contribution in [3.8, 4) is 6.07 Å². The van der Waals surface area contributed by atoms with Crippen LogP contribution in [0.15, 0.2) is 36.4 Å². The number of likely N-dealkylation sites (tertiary alicyclic amines) is 1. The normalized spacial score (nSPS) is 23.1. The number of nitriles is 1. The molecule has 30 heavy (non-hydrogen) atoms. The van der Waals surface area contributed by atoms with Gasteiger partial charge in [0.15, 0.2) is 0 Å². The van der Waals surface area contributed by atoms with Crippen LogP contribution in [0.5, 0.6) is 0 Å². The van der Waals surface area contributed by atoms with E-state index in [1.165, 1.54) is 4.90 Å². The van der Waals surface area contributed by atoms with Gasteiger partial charge >= 0.3 is 6.09 Å². The summed E-state index contributed by atoms with van der Waals surface area (Å²) < 4.78 is 5.29. The number of allylic oxidation sites excluding steroid dienone is 1. The van der Waals surface area contributed by atoms with E-state index in [0.29, 0.717) is 31.4 Å². The third-order valence-corrected chi connectivity index (χ3v) is 5.27. The Bertz CT molecular complexity index is 910. The number of nitrogens with one attached hydrogen (secondary N) is 1. The minimum atomic E-state index is -0.647. The molecule has 1 saturated heterocycles. The van der Waals surface area contributed by atoms with Gasteiger partial charge in [0.25, 0.3) is 0 Å². The SMILES string of the molecule is CC(C)(C)OC(=O)NC1C=CCC2C(=O)N(CCCc3cccc(C#N)c3)C(=O)C12. The maximum Gasteiger partial charge on any atom is 0.408 e. The third kappa shape index (κ3) is 4.88. The quantitative estimate of drug-likeness (QED) is 0.595. The summed E-state index contributed by atoms with van der Waals surface area (Å²) in [5.74, 6) is -1.49. The number of alkyl carbamates (subject to hydrolysis) is 1. The van der Waals surface area contributed by atoms with Crippen molar-refractivity contribution in [2.24, 2.45) is 11.8 Å². The predicted molar refractivity (Wildman–Crippen MR) is 110 cm³/mol. The molecule has 1 fully saturated rings. The van der Waals surface area contributed by atoms with Crippen molar-refractivity contribution in [2.45, 2.75) is 51.7 Å². The molecule has 1 N–H and O–H groups in total. The Labute approximate surface area is 176 Å². The summed E-state index contributed by atoms with van der Waals surface area (Å²) in [5, 5.41) is 11.7. The highest BCUT2D eigenvalue weighted by Crippen LogP contribution is 2.35. The lowest BCUT2D eigenvalue weighted by Crippen LogP contribution is -2.47. The van der Waals surface area contributed by atoms with E-state index in [1.807, 2.05) is 24.3 Å². The van der Waals surface area contributed by atoms with Gasteiger partial charge in [0.1, 0.15) is 5.60 Å². The van der Waals surface area contributed by atoms with Gasteiger partial charge in [0.05, 0.1) is 29.5 Å². The van der Waals surface area contributed by atoms with E-state index in [0.717, 1.165) is 5.56 Å². The first-order valence-corrected chi connectivity index (χ1v) is 10.2. The molecule has 0 aromatic heterocycles. The molecule has 0 radical (unpaired) electrons. The molecule has 0 bridgehead atoms. The largest absolute Gasteiger partial charge is 0.444 e. The molecule has 0 spiro atoms. The summed E-state index contributed by atoms with van der Waals surface area (Å²) >= 11 is 0. The Morgan fingerprint density at radius 1 is 1.30 bits per heavy atom. The van der Waals surface area contributed by atoms with E-state index in [-0.39, 0.29) is 11.8 Å². The van der Waals surface area contributed by atoms with Crippen LogP contribution in [0.4, 0.5) is 4.79 Å². The average molecular weight is 409 g/mol. The molecule has 1 aliphatic heterocycles. The van der Waals surface area contributed by atoms with Gasteiger partial charge in [-0.05, 0) is 57.7 Å². The first kappa shape index (κ1) is 21.6. The van der Waals surface area contributed by atoms with Crippen LogP contribution >= 0.6 is 0 Å². The number of ether oxygens (including phenoxy) is 1. The van der Waals surface area contributed by atoms with E-state index in [4.69, 9.17) is 10.00 Å². The van der Waals surface area contributed by atoms with E-state index < -0.39 is 29.6 Å². The van der Waals surface area contributed by atoms with Crippen LogP contribution in [0.25, 0.3) is 0 Å². The minimum absolute atomic E-state index is 0.184. The number of fused-ring (bicyclic) bond motifs is 1. The van der Waals surface area contributed by atoms with Gasteiger partial charge in [-0.15, -0.1) is 0 Å². The lowest BCUT2D eigenvalue weighted by atomic mass is 9.81. The average Bonchev–Trinajstić information content (AvgIpc) is 2.92. The van der Waals surface area contributed by atoms with Crippen LogP contribution in [0.2, 0.25) is 0 Å². The van der Waals surface area contributed by atoms with Gasteiger partial charge in [0.2, 0.25) is 11.8 Å². The second-order valence-corrected chi connectivity index (χ2v) is 8.71. The molecule has 2 aliphatic rings. The Kier molecular flexibility index (Phi) is 6.25. The lowest BCUT2D eigenvalue weighted by Gasteiger charge is -2.28. The van der Waals surface area contributed by atoms with Crippen molar-refractivity contribution in [1.82, 2.24) is 10.2 Å². The second-order valence-electron chi connectivity index (χ2n) is 8.71. The number of carbonyl (C=O) groups is 3. The number of imide groups is 1. The minimum Gasteiger partial charge on any atom is -0.444 e. The summed E-state index contributed by atoms with van der Waals surface area (Å²) in [6.07, 6.45) is 4.78. The molecule has 3 amide bonds. The van der Waals surface area contributed by atoms with E-state index in [1.54, 1.807) is 32.9 Å². The second kappa shape index (κ2) is 8.70. The number of aryl methyl sites for hydroxylation is 1. The third-order valence-electron chi connectivity index (χ3n) is 5.27. The highest BCUT2D eigenvalue weighted by atomic mass is 16.6. The molecule has 1 aromatic rings. The molecule has 3 atom stereocenters. The summed E-state index contributed by atoms with van der Waals surface area (Å²) in [7, 11) is 0. The molecule has 1 aliphatic carbocycles. The van der Waals surface area contributed by atoms with Gasteiger partial charge in [-0.3, -0.25) is 14.5 Å². The van der Waals surface area contributed by atoms with Crippen molar-refractivity contribution < 1.29 is 19.1 Å². The Balaban J connectivity index is 1.62. The van der Waals surface area contributed by atoms with Gasteiger partial charge < -0.3 is 10.1 Å². The molecule has 1 heterocycles. The van der Waals surface area contributed by atoms with Crippen molar-refractivity contribution >= 4 is 17.9 Å². The maximum absolute atomic E-state index is 13.0. The van der Waals surface area contributed by atoms with Crippen LogP contribution in [0, 0.1) is 23.2 Å². The number of nitrogens with zero attached hydrogens (tertiary/aromatic N) is 2. The van der Waals surface area contributed by atoms with E-state index in [2.05, 4.69) is 11.4 Å². The summed E-state index contributed by atoms with van der Waals surface area (Å²) in [4.78, 5) is 39.3. The van der Waals surface area contributed by atoms with Gasteiger partial charge in [-0.2, -0.15) is 5.26 Å². The van der Waals surface area contributed by atoms with Crippen LogP contribution in [-0.2, 0) is 20.7 Å². The fourth-order valence-corrected chi connectivity index (χ4v) is 4.00. The van der Waals surface area contributed by atoms with Crippen molar-refractivity contribution in [2.75, 3.05) is 6.54 Å². The van der Waals surface area contributed by atoms with Crippen molar-refractivity contribution in [1.29, 1.82) is 5.26 Å². The lowest BCUT2D eigenvalue weighted by molar-refractivity contribution is -0.140. The highest BCUT2D eigenvalue weighted by Gasteiger charge is 2.51. The van der Waals surface area contributed by atoms with Crippen LogP contribution in [0.3, 0.4) is 0 Å². The number of hydrogen-bond donors (Lipinski definition) is 1. The number of benzene rings is 1. The van der Waals surface area contributed by atoms with Gasteiger partial charge in [0, 0.05) is 6.54 Å². The standard InChI is InChI=1S/C23H27N3O4/c1-23(2,3)30-22(29)25-18-11-5-10-17-19(18)21(28)26(20(17)27)12-6-9-15-7-4-8-16(13-15)14-24/h4-5,7-8,11,13,17-19H,6,9-10,12H2,1-3H3,(H,25,29). The summed E-state index contributed by atoms with van der Waals surface area (Å²) in [6.45, 7) is 5.62. The molecular weight excluding hydrogens is 382 g/mol. The topological polar surface area (TPSA) is 99.5 Å². The molecular formula is C23H27N3O4. The molecule has 3 rings (SSSR count). The molecule has 0 saturated carbocycles. The Morgan fingerprint density at radius 3 is 2.77 bits per heavy atom. The van der Waals surface area contributed by atoms with E-state index >= 15 is 0 Å². The number of amides is 3. The van der Waals surface area contributed by atoms with Crippen molar-refractivity contribution in [3.63, 3.8) is 0 Å². The number of hydrogen-bond acceptors (Lipinski definition) is 5. The molecule has 7 heteroatoms. The molecule has 158 valence electrons. The van der Waals surface area contributed by atoms with Gasteiger partial charge in [-0.1, -0.05) is 24.3 Å². The fraction of sp³-hybridized carbons (Fsp3) is 0.478. The van der Waals surface area contributed by atoms with Crippen LogP contribution in [-0.4, -0.2) is 41.0 Å². The Morgan fingerprint density at radius 2 is 2.07 bits per heavy atom. The maximum atomic E-state index is 13.0. The summed E-state index contributed by atoms with van der Waals surface area (Å²) in [6, 6.07) is 8.86. The number of rotatable bonds is 5. The van der Waals surface area contributed by atoms with Crippen LogP contribution < -0.4 is 5.32 Å². The predicted octanol–water partition coefficient (Wildman–Crippen LogP) is 2.95. The first-order chi connectivity index (χ1) is 14.2. The molecule has 1 aromatic carbocycles. The van der Waals surface area contributed by atoms with Crippen molar-refractivity contribution in [3.05, 3.63) is 47.5 Å². The number of carbonyl (C=O) groups excluding carboxylic acids is 3. The Hall–Kier alpha value is -3.14. The smallest absolute Gasteiger partial charge is 0.408 e. The van der Waals surface area contributed by atoms with E-state index in [9.17, 15) is 14.4 Å². The molecule has 7 nitrogen and oxygen atoms in total. The van der Waals surface area contributed by atoms with Gasteiger partial charge in [-0.25, -0.2) is 4.79 Å². The monoisotopic (exact) mass is 409 g/mol. The highest BCUT2D eigenvalue weighted by molar-refractivity contribution is 6.06. The van der Waals surface area contributed by atoms with Crippen LogP contribution in [0.1, 0.15) is 44.7 Å². The zero-order chi connectivity index (χ0) is 21.9. The fourth-order valence-electron chi connectivity index (χ4n) is 4.00. The summed E-state index contributed by atoms with van der Waals surface area (Å²) in [5.41, 5.74) is 0.942. The molecule has 3 unspecified atom stereocenters. The zero-order valence-corrected chi connectivity index (χ0v) is 17.6.